The van der Waals surface area contributed by atoms with Gasteiger partial charge in [-0.3, -0.25) is 9.59 Å². The average Bonchev–Trinajstić information content (AvgIpc) is 2.65. The smallest absolute Gasteiger partial charge is 0.343 e. The predicted molar refractivity (Wildman–Crippen MR) is 95.7 cm³/mol. The number of amides is 1. The van der Waals surface area contributed by atoms with E-state index >= 15 is 0 Å². The first-order chi connectivity index (χ1) is 12.5. The number of hydrogen-bond donors (Lipinski definition) is 1. The van der Waals surface area contributed by atoms with Gasteiger partial charge in [0.05, 0.1) is 23.6 Å². The molecule has 0 aliphatic carbocycles. The summed E-state index contributed by atoms with van der Waals surface area (Å²) in [5.74, 6) is -1.57. The van der Waals surface area contributed by atoms with Crippen LogP contribution in [0.15, 0.2) is 53.3 Å². The van der Waals surface area contributed by atoms with E-state index < -0.39 is 23.0 Å². The van der Waals surface area contributed by atoms with Gasteiger partial charge in [0, 0.05) is 7.05 Å². The first-order valence-corrected chi connectivity index (χ1v) is 7.72. The highest BCUT2D eigenvalue weighted by atomic mass is 16.5. The molecule has 2 N–H and O–H groups in total. The molecule has 1 heterocycles. The number of fused-ring (bicyclic) bond motifs is 1. The van der Waals surface area contributed by atoms with Crippen LogP contribution in [0.2, 0.25) is 0 Å². The number of aromatic nitrogens is 1. The summed E-state index contributed by atoms with van der Waals surface area (Å²) in [5, 5.41) is 0.315. The molecule has 7 nitrogen and oxygen atoms in total. The Morgan fingerprint density at radius 1 is 1.04 bits per heavy atom. The lowest BCUT2D eigenvalue weighted by Crippen LogP contribution is -2.30. The largest absolute Gasteiger partial charge is 0.496 e. The Balaban J connectivity index is 2.33. The van der Waals surface area contributed by atoms with Crippen LogP contribution in [0, 0.1) is 0 Å². The van der Waals surface area contributed by atoms with Crippen LogP contribution in [0.1, 0.15) is 20.7 Å². The minimum atomic E-state index is -0.991. The second kappa shape index (κ2) is 6.72. The molecule has 7 heteroatoms. The number of nitrogens with two attached hydrogens (primary N) is 1. The lowest BCUT2D eigenvalue weighted by molar-refractivity contribution is 0.0734. The van der Waals surface area contributed by atoms with E-state index in [0.29, 0.717) is 16.7 Å². The summed E-state index contributed by atoms with van der Waals surface area (Å²) in [6.07, 6.45) is 0. The van der Waals surface area contributed by atoms with Crippen molar-refractivity contribution in [3.8, 4) is 11.5 Å². The Bertz CT molecular complexity index is 1070. The van der Waals surface area contributed by atoms with Gasteiger partial charge in [0.2, 0.25) is 0 Å². The fourth-order valence-electron chi connectivity index (χ4n) is 2.74. The van der Waals surface area contributed by atoms with Crippen LogP contribution in [0.5, 0.6) is 11.5 Å². The minimum Gasteiger partial charge on any atom is -0.496 e. The van der Waals surface area contributed by atoms with Crippen molar-refractivity contribution in [2.75, 3.05) is 7.11 Å². The van der Waals surface area contributed by atoms with Gasteiger partial charge in [-0.25, -0.2) is 4.79 Å². The topological polar surface area (TPSA) is 101 Å². The van der Waals surface area contributed by atoms with Crippen molar-refractivity contribution >= 4 is 22.8 Å². The Labute approximate surface area is 148 Å². The summed E-state index contributed by atoms with van der Waals surface area (Å²) >= 11 is 0. The number of ether oxygens (including phenoxy) is 2. The van der Waals surface area contributed by atoms with Crippen molar-refractivity contribution in [3.63, 3.8) is 0 Å². The third-order valence-corrected chi connectivity index (χ3v) is 4.01. The number of carbonyl (C=O) groups excluding carboxylic acids is 2. The zero-order valence-corrected chi connectivity index (χ0v) is 14.2. The van der Waals surface area contributed by atoms with Crippen LogP contribution in [0.3, 0.4) is 0 Å². The number of hydrogen-bond acceptors (Lipinski definition) is 5. The van der Waals surface area contributed by atoms with Crippen molar-refractivity contribution in [2.24, 2.45) is 12.8 Å². The lowest BCUT2D eigenvalue weighted by Gasteiger charge is -2.16. The number of primary amides is 1. The van der Waals surface area contributed by atoms with Crippen molar-refractivity contribution in [1.82, 2.24) is 4.57 Å². The Morgan fingerprint density at radius 2 is 1.73 bits per heavy atom. The summed E-state index contributed by atoms with van der Waals surface area (Å²) in [7, 11) is 2.94. The highest BCUT2D eigenvalue weighted by Gasteiger charge is 2.25. The molecular weight excluding hydrogens is 336 g/mol. The van der Waals surface area contributed by atoms with Gasteiger partial charge < -0.3 is 19.8 Å². The minimum absolute atomic E-state index is 0.207. The molecule has 0 spiro atoms. The molecule has 132 valence electrons. The fraction of sp³-hybridized carbons (Fsp3) is 0.105. The molecular formula is C19H16N2O5. The molecule has 1 amide bonds. The van der Waals surface area contributed by atoms with Gasteiger partial charge in [-0.1, -0.05) is 24.3 Å². The highest BCUT2D eigenvalue weighted by Crippen LogP contribution is 2.35. The summed E-state index contributed by atoms with van der Waals surface area (Å²) in [6, 6.07) is 13.2. The number of methoxy groups -OCH3 is 1. The third kappa shape index (κ3) is 2.79. The number of carbonyl (C=O) groups is 2. The van der Waals surface area contributed by atoms with E-state index in [0.717, 1.165) is 0 Å². The number of benzene rings is 2. The van der Waals surface area contributed by atoms with Crippen molar-refractivity contribution < 1.29 is 19.1 Å². The molecule has 0 radical (unpaired) electrons. The van der Waals surface area contributed by atoms with Crippen molar-refractivity contribution in [1.29, 1.82) is 0 Å². The third-order valence-electron chi connectivity index (χ3n) is 4.01. The van der Waals surface area contributed by atoms with Crippen LogP contribution >= 0.6 is 0 Å². The molecule has 3 rings (SSSR count). The molecule has 3 aromatic rings. The van der Waals surface area contributed by atoms with E-state index in [1.165, 1.54) is 18.7 Å². The van der Waals surface area contributed by atoms with Gasteiger partial charge in [-0.2, -0.15) is 0 Å². The van der Waals surface area contributed by atoms with Gasteiger partial charge in [0.25, 0.3) is 11.5 Å². The summed E-state index contributed by atoms with van der Waals surface area (Å²) in [5.41, 5.74) is 5.04. The van der Waals surface area contributed by atoms with Crippen LogP contribution < -0.4 is 20.8 Å². The van der Waals surface area contributed by atoms with E-state index in [4.69, 9.17) is 15.2 Å². The van der Waals surface area contributed by atoms with Gasteiger partial charge in [-0.15, -0.1) is 0 Å². The maximum Gasteiger partial charge on any atom is 0.343 e. The van der Waals surface area contributed by atoms with Crippen molar-refractivity contribution in [2.45, 2.75) is 0 Å². The second-order valence-corrected chi connectivity index (χ2v) is 5.54. The average molecular weight is 352 g/mol. The van der Waals surface area contributed by atoms with Crippen LogP contribution in [0.4, 0.5) is 0 Å². The van der Waals surface area contributed by atoms with Crippen LogP contribution in [0.25, 0.3) is 10.9 Å². The zero-order chi connectivity index (χ0) is 18.8. The monoisotopic (exact) mass is 352 g/mol. The second-order valence-electron chi connectivity index (χ2n) is 5.54. The summed E-state index contributed by atoms with van der Waals surface area (Å²) < 4.78 is 12.0. The molecule has 0 saturated carbocycles. The molecule has 0 aliphatic rings. The number of nitrogens with zero attached hydrogens (tertiary/aromatic N) is 1. The maximum atomic E-state index is 12.6. The molecule has 26 heavy (non-hydrogen) atoms. The molecule has 0 saturated heterocycles. The van der Waals surface area contributed by atoms with Crippen LogP contribution in [-0.2, 0) is 7.05 Å². The highest BCUT2D eigenvalue weighted by molar-refractivity contribution is 6.05. The standard InChI is InChI=1S/C19H16N2O5/c1-21-12-9-6-10-13(25-2)14(12)16(15(17(20)22)18(21)23)26-19(24)11-7-4-3-5-8-11/h3-10H,1-2H3,(H2,20,22). The Morgan fingerprint density at radius 3 is 2.35 bits per heavy atom. The predicted octanol–water partition coefficient (Wildman–Crippen LogP) is 1.87. The first kappa shape index (κ1) is 17.2. The quantitative estimate of drug-likeness (QED) is 0.723. The number of pyridine rings is 1. The lowest BCUT2D eigenvalue weighted by atomic mass is 10.1. The molecule has 1 aromatic heterocycles. The maximum absolute atomic E-state index is 12.6. The fourth-order valence-corrected chi connectivity index (χ4v) is 2.74. The zero-order valence-electron chi connectivity index (χ0n) is 14.2. The SMILES string of the molecule is COc1cccc2c1c(OC(=O)c1ccccc1)c(C(N)=O)c(=O)n2C. The normalized spacial score (nSPS) is 10.5. The number of esters is 1. The van der Waals surface area contributed by atoms with Gasteiger partial charge >= 0.3 is 5.97 Å². The van der Waals surface area contributed by atoms with Crippen molar-refractivity contribution in [3.05, 3.63) is 70.0 Å². The number of rotatable bonds is 4. The van der Waals surface area contributed by atoms with Crippen LogP contribution in [-0.4, -0.2) is 23.6 Å². The molecule has 0 bridgehead atoms. The van der Waals surface area contributed by atoms with Gasteiger partial charge in [0.1, 0.15) is 11.3 Å². The number of aryl methyl sites for hydroxylation is 1. The Hall–Kier alpha value is -3.61. The molecule has 2 aromatic carbocycles. The molecule has 0 unspecified atom stereocenters. The van der Waals surface area contributed by atoms with Gasteiger partial charge in [0.15, 0.2) is 5.75 Å². The Kier molecular flexibility index (Phi) is 4.45. The molecule has 0 fully saturated rings. The summed E-state index contributed by atoms with van der Waals surface area (Å²) in [6.45, 7) is 0. The first-order valence-electron chi connectivity index (χ1n) is 7.72. The van der Waals surface area contributed by atoms with Gasteiger partial charge in [-0.05, 0) is 24.3 Å². The summed E-state index contributed by atoms with van der Waals surface area (Å²) in [4.78, 5) is 37.0. The van der Waals surface area contributed by atoms with E-state index in [2.05, 4.69) is 0 Å². The molecule has 0 aliphatic heterocycles. The van der Waals surface area contributed by atoms with E-state index in [9.17, 15) is 14.4 Å². The van der Waals surface area contributed by atoms with E-state index in [1.54, 1.807) is 48.5 Å². The van der Waals surface area contributed by atoms with E-state index in [1.807, 2.05) is 0 Å². The molecule has 0 atom stereocenters. The van der Waals surface area contributed by atoms with E-state index in [-0.39, 0.29) is 11.3 Å².